The van der Waals surface area contributed by atoms with Gasteiger partial charge in [-0.3, -0.25) is 0 Å². The molecule has 5 nitrogen and oxygen atoms in total. The molecule has 0 saturated heterocycles. The minimum Gasteiger partial charge on any atom is -0.494 e. The third kappa shape index (κ3) is 3.06. The van der Waals surface area contributed by atoms with Gasteiger partial charge < -0.3 is 4.74 Å². The molecule has 22 heavy (non-hydrogen) atoms. The molecule has 114 valence electrons. The molecule has 0 bridgehead atoms. The Bertz CT molecular complexity index is 767. The Kier molecular flexibility index (Phi) is 4.29. The lowest BCUT2D eigenvalue weighted by atomic mass is 10.2. The van der Waals surface area contributed by atoms with E-state index in [1.54, 1.807) is 16.3 Å². The highest BCUT2D eigenvalue weighted by Gasteiger charge is 2.11. The summed E-state index contributed by atoms with van der Waals surface area (Å²) in [7, 11) is 0. The van der Waals surface area contributed by atoms with E-state index in [9.17, 15) is 0 Å². The van der Waals surface area contributed by atoms with Crippen LogP contribution in [0.2, 0.25) is 0 Å². The zero-order chi connectivity index (χ0) is 15.5. The van der Waals surface area contributed by atoms with E-state index in [0.29, 0.717) is 11.9 Å². The quantitative estimate of drug-likeness (QED) is 0.672. The zero-order valence-corrected chi connectivity index (χ0v) is 13.7. The number of benzene rings is 1. The van der Waals surface area contributed by atoms with Crippen molar-refractivity contribution in [1.82, 2.24) is 19.8 Å². The van der Waals surface area contributed by atoms with Crippen LogP contribution in [0.25, 0.3) is 17.0 Å². The molecule has 2 aromatic heterocycles. The maximum atomic E-state index is 5.47. The fraction of sp³-hybridized carbons (Fsp3) is 0.312. The van der Waals surface area contributed by atoms with Gasteiger partial charge in [0.15, 0.2) is 11.5 Å². The molecule has 0 unspecified atom stereocenters. The molecule has 0 aliphatic carbocycles. The van der Waals surface area contributed by atoms with E-state index in [1.807, 2.05) is 43.3 Å². The number of hydrogen-bond acceptors (Lipinski definition) is 5. The second-order valence-electron chi connectivity index (χ2n) is 5.09. The number of aromatic nitrogens is 4. The Hall–Kier alpha value is -2.08. The maximum absolute atomic E-state index is 5.47. The van der Waals surface area contributed by atoms with Crippen LogP contribution in [0, 0.1) is 0 Å². The monoisotopic (exact) mass is 314 g/mol. The molecule has 0 amide bonds. The molecule has 6 heteroatoms. The van der Waals surface area contributed by atoms with Crippen LogP contribution < -0.4 is 4.74 Å². The second kappa shape index (κ2) is 6.36. The Morgan fingerprint density at radius 1 is 1.09 bits per heavy atom. The molecule has 0 aliphatic rings. The van der Waals surface area contributed by atoms with Crippen LogP contribution in [-0.2, 0) is 0 Å². The Labute approximate surface area is 133 Å². The first-order chi connectivity index (χ1) is 10.7. The molecule has 3 aromatic rings. The predicted molar refractivity (Wildman–Crippen MR) is 88.4 cm³/mol. The minimum atomic E-state index is 0.482. The third-order valence-electron chi connectivity index (χ3n) is 3.02. The Morgan fingerprint density at radius 3 is 2.55 bits per heavy atom. The molecule has 3 rings (SSSR count). The second-order valence-corrected chi connectivity index (χ2v) is 6.69. The van der Waals surface area contributed by atoms with Crippen LogP contribution >= 0.6 is 11.8 Å². The fourth-order valence-corrected chi connectivity index (χ4v) is 2.88. The van der Waals surface area contributed by atoms with Crippen LogP contribution in [0.3, 0.4) is 0 Å². The lowest BCUT2D eigenvalue weighted by Crippen LogP contribution is -1.98. The van der Waals surface area contributed by atoms with E-state index in [1.165, 1.54) is 0 Å². The van der Waals surface area contributed by atoms with E-state index in [-0.39, 0.29) is 0 Å². The van der Waals surface area contributed by atoms with E-state index in [4.69, 9.17) is 4.74 Å². The number of nitrogens with zero attached hydrogens (tertiary/aromatic N) is 4. The molecule has 0 aliphatic heterocycles. The highest BCUT2D eigenvalue weighted by atomic mass is 32.2. The van der Waals surface area contributed by atoms with Crippen LogP contribution in [0.1, 0.15) is 20.8 Å². The van der Waals surface area contributed by atoms with Gasteiger partial charge in [-0.25, -0.2) is 0 Å². The summed E-state index contributed by atoms with van der Waals surface area (Å²) in [5.74, 6) is 1.59. The summed E-state index contributed by atoms with van der Waals surface area (Å²) in [5.41, 5.74) is 1.71. The number of hydrogen-bond donors (Lipinski definition) is 0. The van der Waals surface area contributed by atoms with E-state index in [2.05, 4.69) is 29.1 Å². The fourth-order valence-electron chi connectivity index (χ4n) is 2.12. The van der Waals surface area contributed by atoms with E-state index in [0.717, 1.165) is 27.8 Å². The van der Waals surface area contributed by atoms with Crippen molar-refractivity contribution in [3.05, 3.63) is 36.4 Å². The van der Waals surface area contributed by atoms with Crippen molar-refractivity contribution in [2.24, 2.45) is 0 Å². The molecular formula is C16H18N4OS. The number of fused-ring (bicyclic) bond motifs is 1. The van der Waals surface area contributed by atoms with Crippen LogP contribution in [-0.4, -0.2) is 31.7 Å². The largest absolute Gasteiger partial charge is 0.494 e. The lowest BCUT2D eigenvalue weighted by Gasteiger charge is -2.06. The van der Waals surface area contributed by atoms with Crippen LogP contribution in [0.5, 0.6) is 5.75 Å². The molecule has 0 atom stereocenters. The van der Waals surface area contributed by atoms with Gasteiger partial charge in [-0.1, -0.05) is 13.8 Å². The summed E-state index contributed by atoms with van der Waals surface area (Å²) >= 11 is 1.72. The van der Waals surface area contributed by atoms with Gasteiger partial charge in [-0.15, -0.1) is 22.0 Å². The Balaban J connectivity index is 1.98. The Morgan fingerprint density at radius 2 is 1.86 bits per heavy atom. The zero-order valence-electron chi connectivity index (χ0n) is 12.9. The maximum Gasteiger partial charge on any atom is 0.185 e. The van der Waals surface area contributed by atoms with Crippen molar-refractivity contribution in [3.63, 3.8) is 0 Å². The van der Waals surface area contributed by atoms with Crippen LogP contribution in [0.15, 0.2) is 41.4 Å². The van der Waals surface area contributed by atoms with Crippen molar-refractivity contribution in [2.45, 2.75) is 31.0 Å². The van der Waals surface area contributed by atoms with Crippen molar-refractivity contribution in [2.75, 3.05) is 6.61 Å². The molecule has 0 spiro atoms. The first-order valence-corrected chi connectivity index (χ1v) is 8.17. The van der Waals surface area contributed by atoms with Gasteiger partial charge in [0, 0.05) is 10.8 Å². The third-order valence-corrected chi connectivity index (χ3v) is 3.95. The highest BCUT2D eigenvalue weighted by Crippen LogP contribution is 2.24. The summed E-state index contributed by atoms with van der Waals surface area (Å²) in [6.07, 6.45) is 0. The van der Waals surface area contributed by atoms with Crippen molar-refractivity contribution >= 4 is 17.4 Å². The van der Waals surface area contributed by atoms with Gasteiger partial charge in [0.05, 0.1) is 6.61 Å². The lowest BCUT2D eigenvalue weighted by molar-refractivity contribution is 0.340. The van der Waals surface area contributed by atoms with Gasteiger partial charge in [0.1, 0.15) is 10.8 Å². The molecule has 1 aromatic carbocycles. The van der Waals surface area contributed by atoms with Crippen molar-refractivity contribution < 1.29 is 4.74 Å². The number of rotatable bonds is 5. The summed E-state index contributed by atoms with van der Waals surface area (Å²) in [6.45, 7) is 6.93. The van der Waals surface area contributed by atoms with Gasteiger partial charge in [0.25, 0.3) is 0 Å². The van der Waals surface area contributed by atoms with Gasteiger partial charge >= 0.3 is 0 Å². The molecular weight excluding hydrogens is 296 g/mol. The van der Waals surface area contributed by atoms with E-state index < -0.39 is 0 Å². The molecule has 0 N–H and O–H groups in total. The predicted octanol–water partition coefficient (Wildman–Crippen LogP) is 3.69. The summed E-state index contributed by atoms with van der Waals surface area (Å²) in [5, 5.41) is 14.5. The number of ether oxygens (including phenoxy) is 1. The molecule has 0 radical (unpaired) electrons. The first-order valence-electron chi connectivity index (χ1n) is 7.29. The smallest absolute Gasteiger partial charge is 0.185 e. The molecule has 2 heterocycles. The summed E-state index contributed by atoms with van der Waals surface area (Å²) in [6, 6.07) is 11.8. The summed E-state index contributed by atoms with van der Waals surface area (Å²) < 4.78 is 7.26. The topological polar surface area (TPSA) is 52.3 Å². The average Bonchev–Trinajstić information content (AvgIpc) is 2.91. The molecule has 0 fully saturated rings. The van der Waals surface area contributed by atoms with Crippen LogP contribution in [0.4, 0.5) is 0 Å². The normalized spacial score (nSPS) is 11.3. The van der Waals surface area contributed by atoms with Crippen molar-refractivity contribution in [3.8, 4) is 17.1 Å². The van der Waals surface area contributed by atoms with E-state index >= 15 is 0 Å². The highest BCUT2D eigenvalue weighted by molar-refractivity contribution is 7.99. The minimum absolute atomic E-state index is 0.482. The summed E-state index contributed by atoms with van der Waals surface area (Å²) in [4.78, 5) is 0. The average molecular weight is 314 g/mol. The van der Waals surface area contributed by atoms with Gasteiger partial charge in [0.2, 0.25) is 0 Å². The van der Waals surface area contributed by atoms with Gasteiger partial charge in [-0.2, -0.15) is 9.61 Å². The number of thioether (sulfide) groups is 1. The first kappa shape index (κ1) is 14.8. The van der Waals surface area contributed by atoms with Gasteiger partial charge in [-0.05, 0) is 43.3 Å². The molecule has 0 saturated carbocycles. The standard InChI is InChI=1S/C16H18N4OS/c1-4-21-13-7-5-12(6-8-13)16-18-17-14-9-10-15(19-20(14)16)22-11(2)3/h5-11H,4H2,1-3H3. The van der Waals surface area contributed by atoms with Crippen molar-refractivity contribution in [1.29, 1.82) is 0 Å². The SMILES string of the molecule is CCOc1ccc(-c2nnc3ccc(SC(C)C)nn23)cc1.